The van der Waals surface area contributed by atoms with Crippen molar-refractivity contribution in [3.63, 3.8) is 0 Å². The highest BCUT2D eigenvalue weighted by Crippen LogP contribution is 2.26. The first-order valence-corrected chi connectivity index (χ1v) is 6.21. The molecule has 0 saturated carbocycles. The fourth-order valence-corrected chi connectivity index (χ4v) is 2.53. The Kier molecular flexibility index (Phi) is 4.66. The van der Waals surface area contributed by atoms with Crippen molar-refractivity contribution < 1.29 is 14.7 Å². The number of carbonyl (C=O) groups excluding carboxylic acids is 1. The molecule has 1 atom stereocenters. The third-order valence-corrected chi connectivity index (χ3v) is 3.37. The molecule has 1 amide bonds. The number of rotatable bonds is 4. The van der Waals surface area contributed by atoms with Crippen molar-refractivity contribution in [2.24, 2.45) is 0 Å². The van der Waals surface area contributed by atoms with E-state index in [4.69, 9.17) is 5.11 Å². The van der Waals surface area contributed by atoms with Gasteiger partial charge in [-0.2, -0.15) is 0 Å². The van der Waals surface area contributed by atoms with Gasteiger partial charge in [0.25, 0.3) is 0 Å². The number of nitrogens with one attached hydrogen (secondary N) is 1. The second kappa shape index (κ2) is 5.81. The average Bonchev–Trinajstić information content (AvgIpc) is 2.26. The Bertz CT molecular complexity index is 491. The third-order valence-electron chi connectivity index (χ3n) is 2.29. The van der Waals surface area contributed by atoms with Gasteiger partial charge in [-0.3, -0.25) is 4.79 Å². The Morgan fingerprint density at radius 1 is 1.33 bits per heavy atom. The van der Waals surface area contributed by atoms with Crippen LogP contribution in [0.3, 0.4) is 0 Å². The zero-order chi connectivity index (χ0) is 13.9. The molecule has 1 aromatic heterocycles. The standard InChI is InChI=1S/C11H15N3O3S/c1-5-8(11(16)17)10(14-7(3)13-5)18-6(2)9(15)12-4/h6H,1-4H3,(H,12,15)(H,16,17). The lowest BCUT2D eigenvalue weighted by atomic mass is 10.2. The molecule has 1 unspecified atom stereocenters. The zero-order valence-corrected chi connectivity index (χ0v) is 11.5. The molecule has 0 aliphatic carbocycles. The number of aromatic carboxylic acids is 1. The molecule has 7 heteroatoms. The lowest BCUT2D eigenvalue weighted by Crippen LogP contribution is -2.27. The highest BCUT2D eigenvalue weighted by atomic mass is 32.2. The van der Waals surface area contributed by atoms with Gasteiger partial charge >= 0.3 is 5.97 Å². The second-order valence-corrected chi connectivity index (χ2v) is 5.05. The summed E-state index contributed by atoms with van der Waals surface area (Å²) in [4.78, 5) is 30.8. The SMILES string of the molecule is CNC(=O)C(C)Sc1nc(C)nc(C)c1C(=O)O. The van der Waals surface area contributed by atoms with Crippen LogP contribution in [0.4, 0.5) is 0 Å². The van der Waals surface area contributed by atoms with Gasteiger partial charge in [0.1, 0.15) is 16.4 Å². The number of carboxylic acids is 1. The van der Waals surface area contributed by atoms with E-state index in [1.165, 1.54) is 7.05 Å². The predicted octanol–water partition coefficient (Wildman–Crippen LogP) is 1.02. The highest BCUT2D eigenvalue weighted by molar-refractivity contribution is 8.00. The Morgan fingerprint density at radius 2 is 1.94 bits per heavy atom. The van der Waals surface area contributed by atoms with Crippen molar-refractivity contribution in [2.45, 2.75) is 31.0 Å². The van der Waals surface area contributed by atoms with Gasteiger partial charge in [-0.25, -0.2) is 14.8 Å². The number of amides is 1. The molecule has 18 heavy (non-hydrogen) atoms. The van der Waals surface area contributed by atoms with E-state index in [9.17, 15) is 9.59 Å². The van der Waals surface area contributed by atoms with E-state index in [1.54, 1.807) is 20.8 Å². The predicted molar refractivity (Wildman–Crippen MR) is 67.9 cm³/mol. The summed E-state index contributed by atoms with van der Waals surface area (Å²) in [5.41, 5.74) is 0.461. The number of thioether (sulfide) groups is 1. The summed E-state index contributed by atoms with van der Waals surface area (Å²) in [6.07, 6.45) is 0. The summed E-state index contributed by atoms with van der Waals surface area (Å²) >= 11 is 1.12. The largest absolute Gasteiger partial charge is 0.478 e. The molecule has 2 N–H and O–H groups in total. The molecule has 0 bridgehead atoms. The Balaban J connectivity index is 3.15. The molecule has 6 nitrogen and oxygen atoms in total. The van der Waals surface area contributed by atoms with Gasteiger partial charge in [0.05, 0.1) is 10.9 Å². The quantitative estimate of drug-likeness (QED) is 0.626. The van der Waals surface area contributed by atoms with Crippen molar-refractivity contribution in [1.29, 1.82) is 0 Å². The molecule has 0 fully saturated rings. The van der Waals surface area contributed by atoms with E-state index in [0.29, 0.717) is 16.5 Å². The second-order valence-electron chi connectivity index (χ2n) is 3.72. The van der Waals surface area contributed by atoms with Gasteiger partial charge < -0.3 is 10.4 Å². The van der Waals surface area contributed by atoms with E-state index in [1.807, 2.05) is 0 Å². The molecule has 0 radical (unpaired) electrons. The number of hydrogen-bond acceptors (Lipinski definition) is 5. The van der Waals surface area contributed by atoms with E-state index in [2.05, 4.69) is 15.3 Å². The van der Waals surface area contributed by atoms with Crippen LogP contribution in [0.2, 0.25) is 0 Å². The van der Waals surface area contributed by atoms with Crippen LogP contribution in [-0.4, -0.2) is 39.2 Å². The maximum Gasteiger partial charge on any atom is 0.340 e. The van der Waals surface area contributed by atoms with E-state index in [-0.39, 0.29) is 11.5 Å². The molecular weight excluding hydrogens is 254 g/mol. The number of hydrogen-bond donors (Lipinski definition) is 2. The van der Waals surface area contributed by atoms with Crippen LogP contribution in [-0.2, 0) is 4.79 Å². The molecule has 0 aliphatic heterocycles. The fourth-order valence-electron chi connectivity index (χ4n) is 1.44. The molecule has 0 spiro atoms. The van der Waals surface area contributed by atoms with Gasteiger partial charge in [-0.1, -0.05) is 11.8 Å². The van der Waals surface area contributed by atoms with E-state index in [0.717, 1.165) is 11.8 Å². The summed E-state index contributed by atoms with van der Waals surface area (Å²) in [7, 11) is 1.54. The molecule has 1 aromatic rings. The first kappa shape index (κ1) is 14.4. The maximum atomic E-state index is 11.4. The summed E-state index contributed by atoms with van der Waals surface area (Å²) in [6.45, 7) is 5.00. The average molecular weight is 269 g/mol. The third kappa shape index (κ3) is 3.19. The van der Waals surface area contributed by atoms with E-state index < -0.39 is 11.2 Å². The lowest BCUT2D eigenvalue weighted by molar-refractivity contribution is -0.119. The normalized spacial score (nSPS) is 12.0. The number of carbonyl (C=O) groups is 2. The van der Waals surface area contributed by atoms with Gasteiger partial charge in [-0.05, 0) is 20.8 Å². The number of aromatic nitrogens is 2. The topological polar surface area (TPSA) is 92.2 Å². The molecule has 0 saturated heterocycles. The van der Waals surface area contributed by atoms with Crippen LogP contribution in [0.25, 0.3) is 0 Å². The Labute approximate surface area is 109 Å². The fraction of sp³-hybridized carbons (Fsp3) is 0.455. The number of nitrogens with zero attached hydrogens (tertiary/aromatic N) is 2. The van der Waals surface area contributed by atoms with Crippen LogP contribution in [0.15, 0.2) is 5.03 Å². The lowest BCUT2D eigenvalue weighted by Gasteiger charge is -2.12. The number of aryl methyl sites for hydroxylation is 2. The van der Waals surface area contributed by atoms with E-state index >= 15 is 0 Å². The molecule has 1 heterocycles. The van der Waals surface area contributed by atoms with Gasteiger partial charge in [0, 0.05) is 7.05 Å². The van der Waals surface area contributed by atoms with Crippen molar-refractivity contribution in [1.82, 2.24) is 15.3 Å². The molecule has 0 aromatic carbocycles. The Hall–Kier alpha value is -1.63. The first-order chi connectivity index (χ1) is 8.36. The summed E-state index contributed by atoms with van der Waals surface area (Å²) in [5, 5.41) is 11.6. The molecule has 0 aliphatic rings. The molecule has 98 valence electrons. The minimum atomic E-state index is -1.08. The van der Waals surface area contributed by atoms with Crippen LogP contribution in [0, 0.1) is 13.8 Å². The van der Waals surface area contributed by atoms with Crippen molar-refractivity contribution >= 4 is 23.6 Å². The van der Waals surface area contributed by atoms with Crippen molar-refractivity contribution in [3.8, 4) is 0 Å². The minimum absolute atomic E-state index is 0.0568. The molecule has 1 rings (SSSR count). The monoisotopic (exact) mass is 269 g/mol. The number of carboxylic acid groups (broad SMARTS) is 1. The molecular formula is C11H15N3O3S. The van der Waals surface area contributed by atoms with Crippen LogP contribution in [0.5, 0.6) is 0 Å². The van der Waals surface area contributed by atoms with Crippen LogP contribution < -0.4 is 5.32 Å². The first-order valence-electron chi connectivity index (χ1n) is 5.33. The maximum absolute atomic E-state index is 11.4. The van der Waals surface area contributed by atoms with Gasteiger partial charge in [0.15, 0.2) is 0 Å². The summed E-state index contributed by atoms with van der Waals surface area (Å²) in [5.74, 6) is -0.770. The van der Waals surface area contributed by atoms with Crippen molar-refractivity contribution in [2.75, 3.05) is 7.05 Å². The van der Waals surface area contributed by atoms with Gasteiger partial charge in [-0.15, -0.1) is 0 Å². The van der Waals surface area contributed by atoms with Gasteiger partial charge in [0.2, 0.25) is 5.91 Å². The zero-order valence-electron chi connectivity index (χ0n) is 10.6. The van der Waals surface area contributed by atoms with Crippen molar-refractivity contribution in [3.05, 3.63) is 17.1 Å². The van der Waals surface area contributed by atoms with Crippen LogP contribution in [0.1, 0.15) is 28.8 Å². The Morgan fingerprint density at radius 3 is 2.44 bits per heavy atom. The highest BCUT2D eigenvalue weighted by Gasteiger charge is 2.21. The summed E-state index contributed by atoms with van der Waals surface area (Å²) in [6, 6.07) is 0. The van der Waals surface area contributed by atoms with Crippen LogP contribution >= 0.6 is 11.8 Å². The smallest absolute Gasteiger partial charge is 0.340 e. The minimum Gasteiger partial charge on any atom is -0.478 e. The summed E-state index contributed by atoms with van der Waals surface area (Å²) < 4.78 is 0.